The SMILES string of the molecule is O=C(NCC(C1CC1)C1CC1)c1ccc(Cl)cc1Br. The minimum atomic E-state index is -0.00478. The van der Waals surface area contributed by atoms with Gasteiger partial charge in [-0.05, 0) is 77.6 Å². The molecule has 0 bridgehead atoms. The number of benzene rings is 1. The smallest absolute Gasteiger partial charge is 0.252 e. The first-order chi connectivity index (χ1) is 9.15. The molecule has 102 valence electrons. The van der Waals surface area contributed by atoms with Crippen molar-refractivity contribution in [2.24, 2.45) is 17.8 Å². The zero-order valence-corrected chi connectivity index (χ0v) is 13.0. The lowest BCUT2D eigenvalue weighted by molar-refractivity contribution is 0.0942. The van der Waals surface area contributed by atoms with E-state index in [1.54, 1.807) is 18.2 Å². The Kier molecular flexibility index (Phi) is 3.86. The number of rotatable bonds is 5. The molecule has 3 rings (SSSR count). The summed E-state index contributed by atoms with van der Waals surface area (Å²) < 4.78 is 0.756. The first-order valence-electron chi connectivity index (χ1n) is 6.88. The third kappa shape index (κ3) is 3.32. The van der Waals surface area contributed by atoms with Crippen molar-refractivity contribution in [3.63, 3.8) is 0 Å². The highest BCUT2D eigenvalue weighted by molar-refractivity contribution is 9.10. The van der Waals surface area contributed by atoms with Gasteiger partial charge in [0.05, 0.1) is 5.56 Å². The molecule has 0 saturated heterocycles. The predicted octanol–water partition coefficient (Wildman–Crippen LogP) is 4.27. The van der Waals surface area contributed by atoms with Crippen molar-refractivity contribution in [3.05, 3.63) is 33.3 Å². The quantitative estimate of drug-likeness (QED) is 0.850. The fraction of sp³-hybridized carbons (Fsp3) is 0.533. The minimum Gasteiger partial charge on any atom is -0.352 e. The molecule has 1 aromatic rings. The number of nitrogens with one attached hydrogen (secondary N) is 1. The molecule has 2 saturated carbocycles. The molecule has 1 N–H and O–H groups in total. The van der Waals surface area contributed by atoms with Crippen LogP contribution in [0.2, 0.25) is 5.02 Å². The summed E-state index contributed by atoms with van der Waals surface area (Å²) in [5.41, 5.74) is 0.662. The number of carbonyl (C=O) groups is 1. The Balaban J connectivity index is 1.61. The minimum absolute atomic E-state index is 0.00478. The highest BCUT2D eigenvalue weighted by Gasteiger charge is 2.41. The molecule has 0 aliphatic heterocycles. The van der Waals surface area contributed by atoms with Crippen LogP contribution in [-0.2, 0) is 0 Å². The number of hydrogen-bond acceptors (Lipinski definition) is 1. The van der Waals surface area contributed by atoms with Gasteiger partial charge in [-0.2, -0.15) is 0 Å². The van der Waals surface area contributed by atoms with Crippen LogP contribution in [0, 0.1) is 17.8 Å². The lowest BCUT2D eigenvalue weighted by Crippen LogP contribution is -2.31. The Morgan fingerprint density at radius 3 is 2.47 bits per heavy atom. The lowest BCUT2D eigenvalue weighted by atomic mass is 9.98. The number of carbonyl (C=O) groups excluding carboxylic acids is 1. The largest absolute Gasteiger partial charge is 0.352 e. The summed E-state index contributed by atoms with van der Waals surface area (Å²) in [7, 11) is 0. The predicted molar refractivity (Wildman–Crippen MR) is 80.4 cm³/mol. The molecule has 4 heteroatoms. The first kappa shape index (κ1) is 13.4. The van der Waals surface area contributed by atoms with E-state index in [1.807, 2.05) is 0 Å². The second-order valence-electron chi connectivity index (χ2n) is 5.67. The number of halogens is 2. The second kappa shape index (κ2) is 5.45. The van der Waals surface area contributed by atoms with E-state index in [2.05, 4.69) is 21.2 Å². The van der Waals surface area contributed by atoms with Crippen LogP contribution in [0.25, 0.3) is 0 Å². The van der Waals surface area contributed by atoms with Crippen molar-refractivity contribution < 1.29 is 4.79 Å². The molecule has 1 aromatic carbocycles. The number of amides is 1. The van der Waals surface area contributed by atoms with Crippen LogP contribution in [0.3, 0.4) is 0 Å². The standard InChI is InChI=1S/C15H17BrClNO/c16-14-7-11(17)5-6-12(14)15(19)18-8-13(9-1-2-9)10-3-4-10/h5-7,9-10,13H,1-4,8H2,(H,18,19). The lowest BCUT2D eigenvalue weighted by Gasteiger charge is -2.16. The van der Waals surface area contributed by atoms with E-state index in [1.165, 1.54) is 25.7 Å². The monoisotopic (exact) mass is 341 g/mol. The fourth-order valence-electron chi connectivity index (χ4n) is 2.75. The summed E-state index contributed by atoms with van der Waals surface area (Å²) in [4.78, 5) is 12.2. The van der Waals surface area contributed by atoms with Crippen LogP contribution < -0.4 is 5.32 Å². The highest BCUT2D eigenvalue weighted by atomic mass is 79.9. The van der Waals surface area contributed by atoms with E-state index in [0.717, 1.165) is 22.9 Å². The molecule has 2 fully saturated rings. The summed E-state index contributed by atoms with van der Waals surface area (Å²) in [5.74, 6) is 2.42. The van der Waals surface area contributed by atoms with Gasteiger partial charge in [-0.3, -0.25) is 4.79 Å². The van der Waals surface area contributed by atoms with Crippen LogP contribution >= 0.6 is 27.5 Å². The Labute approximate surface area is 127 Å². The molecule has 0 unspecified atom stereocenters. The van der Waals surface area contributed by atoms with Gasteiger partial charge in [0.1, 0.15) is 0 Å². The van der Waals surface area contributed by atoms with Gasteiger partial charge in [0.25, 0.3) is 5.91 Å². The Bertz CT molecular complexity index is 485. The molecule has 1 amide bonds. The molecular formula is C15H17BrClNO. The molecule has 2 nitrogen and oxygen atoms in total. The highest BCUT2D eigenvalue weighted by Crippen LogP contribution is 2.48. The van der Waals surface area contributed by atoms with E-state index in [-0.39, 0.29) is 5.91 Å². The maximum atomic E-state index is 12.2. The van der Waals surface area contributed by atoms with Crippen LogP contribution in [0.15, 0.2) is 22.7 Å². The molecular weight excluding hydrogens is 326 g/mol. The van der Waals surface area contributed by atoms with Gasteiger partial charge in [-0.15, -0.1) is 0 Å². The topological polar surface area (TPSA) is 29.1 Å². The summed E-state index contributed by atoms with van der Waals surface area (Å²) >= 11 is 9.28. The van der Waals surface area contributed by atoms with E-state index in [9.17, 15) is 4.79 Å². The van der Waals surface area contributed by atoms with Crippen molar-refractivity contribution in [3.8, 4) is 0 Å². The van der Waals surface area contributed by atoms with Crippen LogP contribution in [0.5, 0.6) is 0 Å². The molecule has 0 radical (unpaired) electrons. The van der Waals surface area contributed by atoms with Crippen molar-refractivity contribution in [2.45, 2.75) is 25.7 Å². The third-order valence-electron chi connectivity index (χ3n) is 4.13. The van der Waals surface area contributed by atoms with Gasteiger partial charge in [0.15, 0.2) is 0 Å². The van der Waals surface area contributed by atoms with Crippen molar-refractivity contribution in [2.75, 3.05) is 6.54 Å². The van der Waals surface area contributed by atoms with Crippen LogP contribution in [0.1, 0.15) is 36.0 Å². The molecule has 0 heterocycles. The van der Waals surface area contributed by atoms with E-state index >= 15 is 0 Å². The fourth-order valence-corrected chi connectivity index (χ4v) is 3.61. The van der Waals surface area contributed by atoms with Crippen molar-refractivity contribution in [1.82, 2.24) is 5.32 Å². The van der Waals surface area contributed by atoms with Gasteiger partial charge < -0.3 is 5.32 Å². The van der Waals surface area contributed by atoms with Crippen LogP contribution in [-0.4, -0.2) is 12.5 Å². The second-order valence-corrected chi connectivity index (χ2v) is 6.96. The third-order valence-corrected chi connectivity index (χ3v) is 5.02. The van der Waals surface area contributed by atoms with E-state index < -0.39 is 0 Å². The maximum Gasteiger partial charge on any atom is 0.252 e. The molecule has 0 atom stereocenters. The van der Waals surface area contributed by atoms with Gasteiger partial charge in [0.2, 0.25) is 0 Å². The zero-order valence-electron chi connectivity index (χ0n) is 10.7. The normalized spacial score (nSPS) is 18.7. The number of hydrogen-bond donors (Lipinski definition) is 1. The molecule has 2 aliphatic rings. The van der Waals surface area contributed by atoms with Gasteiger partial charge in [-0.1, -0.05) is 11.6 Å². The van der Waals surface area contributed by atoms with E-state index in [4.69, 9.17) is 11.6 Å². The Morgan fingerprint density at radius 2 is 1.95 bits per heavy atom. The molecule has 0 spiro atoms. The summed E-state index contributed by atoms with van der Waals surface area (Å²) in [6.07, 6.45) is 5.40. The molecule has 0 aromatic heterocycles. The summed E-state index contributed by atoms with van der Waals surface area (Å²) in [5, 5.41) is 3.73. The Morgan fingerprint density at radius 1 is 1.32 bits per heavy atom. The van der Waals surface area contributed by atoms with Crippen molar-refractivity contribution in [1.29, 1.82) is 0 Å². The van der Waals surface area contributed by atoms with Crippen LogP contribution in [0.4, 0.5) is 0 Å². The average Bonchev–Trinajstić information content (AvgIpc) is 3.23. The summed E-state index contributed by atoms with van der Waals surface area (Å²) in [6, 6.07) is 5.28. The zero-order chi connectivity index (χ0) is 13.4. The van der Waals surface area contributed by atoms with E-state index in [0.29, 0.717) is 16.5 Å². The maximum absolute atomic E-state index is 12.2. The van der Waals surface area contributed by atoms with Gasteiger partial charge in [-0.25, -0.2) is 0 Å². The van der Waals surface area contributed by atoms with Gasteiger partial charge >= 0.3 is 0 Å². The van der Waals surface area contributed by atoms with Crippen molar-refractivity contribution >= 4 is 33.4 Å². The summed E-state index contributed by atoms with van der Waals surface area (Å²) in [6.45, 7) is 0.823. The Hall–Kier alpha value is -0.540. The molecule has 19 heavy (non-hydrogen) atoms. The molecule has 2 aliphatic carbocycles. The van der Waals surface area contributed by atoms with Gasteiger partial charge in [0, 0.05) is 16.0 Å². The first-order valence-corrected chi connectivity index (χ1v) is 8.05. The average molecular weight is 343 g/mol.